The van der Waals surface area contributed by atoms with Crippen LogP contribution >= 0.6 is 0 Å². The molecule has 1 aromatic carbocycles. The van der Waals surface area contributed by atoms with Gasteiger partial charge in [0.1, 0.15) is 13.2 Å². The van der Waals surface area contributed by atoms with Gasteiger partial charge in [0.05, 0.1) is 0 Å². The third kappa shape index (κ3) is 5.71. The van der Waals surface area contributed by atoms with Crippen LogP contribution in [0.25, 0.3) is 0 Å². The van der Waals surface area contributed by atoms with Gasteiger partial charge in [0.15, 0.2) is 0 Å². The lowest BCUT2D eigenvalue weighted by Crippen LogP contribution is -2.43. The number of hydrogen-bond donors (Lipinski definition) is 2. The van der Waals surface area contributed by atoms with Crippen LogP contribution in [-0.2, 0) is 16.1 Å². The van der Waals surface area contributed by atoms with Crippen LogP contribution in [0.4, 0.5) is 4.79 Å². The fourth-order valence-electron chi connectivity index (χ4n) is 1.60. The quantitative estimate of drug-likeness (QED) is 0.787. The molecule has 1 aromatic rings. The summed E-state index contributed by atoms with van der Waals surface area (Å²) in [6.07, 6.45) is -0.627. The van der Waals surface area contributed by atoms with E-state index in [2.05, 4.69) is 5.32 Å². The first kappa shape index (κ1) is 16.0. The van der Waals surface area contributed by atoms with Crippen LogP contribution in [0, 0.1) is 0 Å². The summed E-state index contributed by atoms with van der Waals surface area (Å²) < 4.78 is 5.13. The van der Waals surface area contributed by atoms with Crippen molar-refractivity contribution in [2.45, 2.75) is 19.6 Å². The van der Waals surface area contributed by atoms with Crippen molar-refractivity contribution in [2.75, 3.05) is 20.1 Å². The number of carboxylic acids is 1. The zero-order chi connectivity index (χ0) is 15.0. The standard InChI is InChI=1S/C14H20N2O4/c1-11(15-2)8-16(9-13(17)18)14(19)20-10-12-6-4-3-5-7-12/h3-7,11,15H,8-10H2,1-2H3,(H,17,18). The topological polar surface area (TPSA) is 78.9 Å². The number of benzene rings is 1. The number of rotatable bonds is 7. The SMILES string of the molecule is CNC(C)CN(CC(=O)O)C(=O)OCc1ccccc1. The number of aliphatic carboxylic acids is 1. The molecule has 0 heterocycles. The lowest BCUT2D eigenvalue weighted by atomic mass is 10.2. The maximum Gasteiger partial charge on any atom is 0.410 e. The van der Waals surface area contributed by atoms with Gasteiger partial charge in [0, 0.05) is 12.6 Å². The average molecular weight is 280 g/mol. The van der Waals surface area contributed by atoms with Crippen molar-refractivity contribution < 1.29 is 19.4 Å². The molecule has 0 aromatic heterocycles. The van der Waals surface area contributed by atoms with Gasteiger partial charge in [-0.15, -0.1) is 0 Å². The van der Waals surface area contributed by atoms with E-state index in [4.69, 9.17) is 9.84 Å². The Morgan fingerprint density at radius 2 is 2.00 bits per heavy atom. The first-order valence-electron chi connectivity index (χ1n) is 6.37. The van der Waals surface area contributed by atoms with Crippen molar-refractivity contribution in [3.8, 4) is 0 Å². The Hall–Kier alpha value is -2.08. The molecule has 110 valence electrons. The summed E-state index contributed by atoms with van der Waals surface area (Å²) >= 11 is 0. The van der Waals surface area contributed by atoms with Crippen molar-refractivity contribution in [1.82, 2.24) is 10.2 Å². The number of ether oxygens (including phenoxy) is 1. The van der Waals surface area contributed by atoms with Gasteiger partial charge in [-0.1, -0.05) is 30.3 Å². The Bertz CT molecular complexity index is 436. The number of likely N-dealkylation sites (N-methyl/N-ethyl adjacent to an activating group) is 1. The summed E-state index contributed by atoms with van der Waals surface area (Å²) in [5.41, 5.74) is 0.859. The molecule has 1 amide bonds. The largest absolute Gasteiger partial charge is 0.480 e. The van der Waals surface area contributed by atoms with E-state index >= 15 is 0 Å². The number of carbonyl (C=O) groups excluding carboxylic acids is 1. The predicted octanol–water partition coefficient (Wildman–Crippen LogP) is 1.32. The summed E-state index contributed by atoms with van der Waals surface area (Å²) in [7, 11) is 1.75. The number of carboxylic acid groups (broad SMARTS) is 1. The monoisotopic (exact) mass is 280 g/mol. The average Bonchev–Trinajstić information content (AvgIpc) is 2.44. The second-order valence-electron chi connectivity index (χ2n) is 4.50. The molecule has 0 aliphatic heterocycles. The van der Waals surface area contributed by atoms with Crippen molar-refractivity contribution in [3.05, 3.63) is 35.9 Å². The van der Waals surface area contributed by atoms with Gasteiger partial charge < -0.3 is 15.2 Å². The number of hydrogen-bond acceptors (Lipinski definition) is 4. The maximum absolute atomic E-state index is 11.9. The molecule has 0 saturated heterocycles. The molecular formula is C14H20N2O4. The van der Waals surface area contributed by atoms with E-state index in [0.717, 1.165) is 5.56 Å². The Labute approximate surface area is 118 Å². The second-order valence-corrected chi connectivity index (χ2v) is 4.50. The summed E-state index contributed by atoms with van der Waals surface area (Å²) in [6, 6.07) is 9.23. The third-order valence-electron chi connectivity index (χ3n) is 2.78. The molecule has 0 bridgehead atoms. The highest BCUT2D eigenvalue weighted by molar-refractivity contribution is 5.76. The molecule has 0 spiro atoms. The van der Waals surface area contributed by atoms with Crippen LogP contribution in [0.2, 0.25) is 0 Å². The molecule has 20 heavy (non-hydrogen) atoms. The molecule has 2 N–H and O–H groups in total. The highest BCUT2D eigenvalue weighted by Gasteiger charge is 2.20. The zero-order valence-corrected chi connectivity index (χ0v) is 11.7. The Balaban J connectivity index is 2.56. The zero-order valence-electron chi connectivity index (χ0n) is 11.7. The molecule has 6 nitrogen and oxygen atoms in total. The molecular weight excluding hydrogens is 260 g/mol. The van der Waals surface area contributed by atoms with Gasteiger partial charge in [0.25, 0.3) is 0 Å². The molecule has 0 aliphatic carbocycles. The van der Waals surface area contributed by atoms with E-state index in [0.29, 0.717) is 0 Å². The highest BCUT2D eigenvalue weighted by Crippen LogP contribution is 2.04. The summed E-state index contributed by atoms with van der Waals surface area (Å²) in [5.74, 6) is -1.06. The lowest BCUT2D eigenvalue weighted by Gasteiger charge is -2.23. The number of carbonyl (C=O) groups is 2. The van der Waals surface area contributed by atoms with Crippen LogP contribution in [0.15, 0.2) is 30.3 Å². The number of amides is 1. The molecule has 0 fully saturated rings. The van der Waals surface area contributed by atoms with Crippen molar-refractivity contribution in [1.29, 1.82) is 0 Å². The van der Waals surface area contributed by atoms with Gasteiger partial charge in [0.2, 0.25) is 0 Å². The minimum absolute atomic E-state index is 0.0152. The maximum atomic E-state index is 11.9. The normalized spacial score (nSPS) is 11.7. The van der Waals surface area contributed by atoms with E-state index in [1.54, 1.807) is 7.05 Å². The van der Waals surface area contributed by atoms with E-state index < -0.39 is 12.1 Å². The fourth-order valence-corrected chi connectivity index (χ4v) is 1.60. The van der Waals surface area contributed by atoms with Crippen LogP contribution in [0.1, 0.15) is 12.5 Å². The molecule has 1 rings (SSSR count). The molecule has 1 atom stereocenters. The molecule has 0 saturated carbocycles. The first-order chi connectivity index (χ1) is 9.52. The number of nitrogens with one attached hydrogen (secondary N) is 1. The molecule has 1 unspecified atom stereocenters. The van der Waals surface area contributed by atoms with E-state index in [-0.39, 0.29) is 25.7 Å². The Kier molecular flexibility index (Phi) is 6.52. The van der Waals surface area contributed by atoms with Gasteiger partial charge in [-0.2, -0.15) is 0 Å². The van der Waals surface area contributed by atoms with E-state index in [1.807, 2.05) is 37.3 Å². The Morgan fingerprint density at radius 1 is 1.35 bits per heavy atom. The van der Waals surface area contributed by atoms with Crippen LogP contribution in [-0.4, -0.2) is 48.2 Å². The molecule has 0 radical (unpaired) electrons. The summed E-state index contributed by atoms with van der Waals surface area (Å²) in [6.45, 7) is 1.89. The van der Waals surface area contributed by atoms with Gasteiger partial charge in [-0.05, 0) is 19.5 Å². The van der Waals surface area contributed by atoms with Crippen LogP contribution in [0.3, 0.4) is 0 Å². The van der Waals surface area contributed by atoms with Crippen LogP contribution < -0.4 is 5.32 Å². The Morgan fingerprint density at radius 3 is 2.55 bits per heavy atom. The van der Waals surface area contributed by atoms with Crippen molar-refractivity contribution in [2.24, 2.45) is 0 Å². The van der Waals surface area contributed by atoms with Crippen molar-refractivity contribution >= 4 is 12.1 Å². The van der Waals surface area contributed by atoms with E-state index in [1.165, 1.54) is 4.90 Å². The van der Waals surface area contributed by atoms with Gasteiger partial charge >= 0.3 is 12.1 Å². The van der Waals surface area contributed by atoms with E-state index in [9.17, 15) is 9.59 Å². The van der Waals surface area contributed by atoms with Gasteiger partial charge in [-0.3, -0.25) is 9.69 Å². The third-order valence-corrected chi connectivity index (χ3v) is 2.78. The predicted molar refractivity (Wildman–Crippen MR) is 74.4 cm³/mol. The molecule has 0 aliphatic rings. The summed E-state index contributed by atoms with van der Waals surface area (Å²) in [5, 5.41) is 11.8. The molecule has 6 heteroatoms. The second kappa shape index (κ2) is 8.16. The minimum atomic E-state index is -1.06. The van der Waals surface area contributed by atoms with Gasteiger partial charge in [-0.25, -0.2) is 4.79 Å². The van der Waals surface area contributed by atoms with Crippen molar-refractivity contribution in [3.63, 3.8) is 0 Å². The first-order valence-corrected chi connectivity index (χ1v) is 6.37. The fraction of sp³-hybridized carbons (Fsp3) is 0.429. The summed E-state index contributed by atoms with van der Waals surface area (Å²) in [4.78, 5) is 23.9. The smallest absolute Gasteiger partial charge is 0.410 e. The van der Waals surface area contributed by atoms with Crippen LogP contribution in [0.5, 0.6) is 0 Å². The highest BCUT2D eigenvalue weighted by atomic mass is 16.6. The minimum Gasteiger partial charge on any atom is -0.480 e. The number of nitrogens with zero attached hydrogens (tertiary/aromatic N) is 1. The lowest BCUT2D eigenvalue weighted by molar-refractivity contribution is -0.138.